The highest BCUT2D eigenvalue weighted by Crippen LogP contribution is 2.38. The molecule has 1 heterocycles. The SMILES string of the molecule is CC1(C)O[C@@H]([C@@H](CO[Si](C)(C)C(C)(C)C)OS(C)(=O)=O)[C@@H](COS(C)(=O)=O)O1. The van der Waals surface area contributed by atoms with Crippen LogP contribution in [0.5, 0.6) is 0 Å². The Kier molecular flexibility index (Phi) is 7.95. The zero-order valence-electron chi connectivity index (χ0n) is 18.1. The third-order valence-electron chi connectivity index (χ3n) is 4.75. The Balaban J connectivity index is 3.08. The smallest absolute Gasteiger partial charge is 0.264 e. The lowest BCUT2D eigenvalue weighted by atomic mass is 10.1. The Morgan fingerprint density at radius 1 is 1.04 bits per heavy atom. The molecule has 0 aromatic heterocycles. The topological polar surface area (TPSA) is 114 Å². The largest absolute Gasteiger partial charge is 0.414 e. The Bertz CT molecular complexity index is 739. The zero-order valence-corrected chi connectivity index (χ0v) is 20.8. The van der Waals surface area contributed by atoms with E-state index in [0.717, 1.165) is 12.5 Å². The van der Waals surface area contributed by atoms with Crippen LogP contribution in [0.2, 0.25) is 18.1 Å². The maximum absolute atomic E-state index is 11.8. The lowest BCUT2D eigenvalue weighted by Gasteiger charge is -2.38. The molecule has 0 aromatic rings. The molecule has 1 fully saturated rings. The second-order valence-corrected chi connectivity index (χ2v) is 17.1. The van der Waals surface area contributed by atoms with Crippen LogP contribution in [0.15, 0.2) is 0 Å². The maximum atomic E-state index is 11.8. The van der Waals surface area contributed by atoms with Crippen molar-refractivity contribution in [3.8, 4) is 0 Å². The van der Waals surface area contributed by atoms with Gasteiger partial charge in [0.15, 0.2) is 14.1 Å². The van der Waals surface area contributed by atoms with Gasteiger partial charge in [-0.1, -0.05) is 20.8 Å². The molecule has 12 heteroatoms. The maximum Gasteiger partial charge on any atom is 0.264 e. The van der Waals surface area contributed by atoms with Crippen LogP contribution in [0.1, 0.15) is 34.6 Å². The molecule has 28 heavy (non-hydrogen) atoms. The minimum absolute atomic E-state index is 0.0386. The van der Waals surface area contributed by atoms with Gasteiger partial charge in [-0.25, -0.2) is 0 Å². The lowest BCUT2D eigenvalue weighted by molar-refractivity contribution is -0.156. The molecule has 0 aromatic carbocycles. The molecule has 0 spiro atoms. The van der Waals surface area contributed by atoms with Crippen LogP contribution in [0, 0.1) is 0 Å². The summed E-state index contributed by atoms with van der Waals surface area (Å²) in [6.07, 6.45) is -0.890. The van der Waals surface area contributed by atoms with Gasteiger partial charge in [0, 0.05) is 0 Å². The fourth-order valence-electron chi connectivity index (χ4n) is 2.41. The van der Waals surface area contributed by atoms with Crippen molar-refractivity contribution in [3.05, 3.63) is 0 Å². The van der Waals surface area contributed by atoms with Gasteiger partial charge in [-0.15, -0.1) is 0 Å². The van der Waals surface area contributed by atoms with Crippen LogP contribution < -0.4 is 0 Å². The van der Waals surface area contributed by atoms with E-state index in [1.807, 2.05) is 13.1 Å². The van der Waals surface area contributed by atoms with Crippen molar-refractivity contribution < 1.29 is 39.1 Å². The fourth-order valence-corrected chi connectivity index (χ4v) is 4.42. The second kappa shape index (κ2) is 8.58. The molecule has 0 saturated carbocycles. The predicted octanol–water partition coefficient (Wildman–Crippen LogP) is 1.85. The molecular formula is C16H34O9S2Si. The third kappa shape index (κ3) is 8.34. The summed E-state index contributed by atoms with van der Waals surface area (Å²) in [6, 6.07) is 0. The molecule has 9 nitrogen and oxygen atoms in total. The molecule has 0 aliphatic carbocycles. The minimum Gasteiger partial charge on any atom is -0.414 e. The van der Waals surface area contributed by atoms with Crippen molar-refractivity contribution in [1.29, 1.82) is 0 Å². The molecule has 0 unspecified atom stereocenters. The first-order valence-corrected chi connectivity index (χ1v) is 15.5. The van der Waals surface area contributed by atoms with Crippen LogP contribution in [0.3, 0.4) is 0 Å². The Morgan fingerprint density at radius 3 is 2.00 bits per heavy atom. The van der Waals surface area contributed by atoms with Crippen LogP contribution >= 0.6 is 0 Å². The summed E-state index contributed by atoms with van der Waals surface area (Å²) in [4.78, 5) is 0. The van der Waals surface area contributed by atoms with Crippen LogP contribution in [-0.4, -0.2) is 75.0 Å². The number of hydrogen-bond acceptors (Lipinski definition) is 9. The first-order chi connectivity index (χ1) is 12.2. The van der Waals surface area contributed by atoms with E-state index in [-0.39, 0.29) is 18.3 Å². The monoisotopic (exact) mass is 462 g/mol. The lowest BCUT2D eigenvalue weighted by Crippen LogP contribution is -2.48. The quantitative estimate of drug-likeness (QED) is 0.374. The Hall–Kier alpha value is -0.0831. The minimum atomic E-state index is -3.83. The second-order valence-electron chi connectivity index (χ2n) is 9.04. The average molecular weight is 463 g/mol. The summed E-state index contributed by atoms with van der Waals surface area (Å²) in [6.45, 7) is 13.2. The standard InChI is InChI=1S/C16H34O9S2Si/c1-15(2,3)28(8,9)22-11-13(25-27(7,19)20)14-12(10-21-26(6,17)18)23-16(4,5)24-14/h12-14H,10-11H2,1-9H3/t12-,13-,14-/m1/s1. The molecule has 1 aliphatic heterocycles. The number of ether oxygens (including phenoxy) is 2. The Labute approximate surface area is 170 Å². The highest BCUT2D eigenvalue weighted by atomic mass is 32.2. The van der Waals surface area contributed by atoms with E-state index in [2.05, 4.69) is 20.8 Å². The highest BCUT2D eigenvalue weighted by molar-refractivity contribution is 7.86. The molecule has 1 aliphatic rings. The summed E-state index contributed by atoms with van der Waals surface area (Å²) in [5.74, 6) is -1.06. The molecule has 0 amide bonds. The van der Waals surface area contributed by atoms with Crippen LogP contribution in [0.25, 0.3) is 0 Å². The first kappa shape index (κ1) is 26.0. The van der Waals surface area contributed by atoms with E-state index in [4.69, 9.17) is 22.3 Å². The van der Waals surface area contributed by atoms with Gasteiger partial charge < -0.3 is 13.9 Å². The molecule has 168 valence electrons. The molecule has 0 N–H and O–H groups in total. The molecule has 0 bridgehead atoms. The van der Waals surface area contributed by atoms with Gasteiger partial charge in [-0.2, -0.15) is 16.8 Å². The van der Waals surface area contributed by atoms with E-state index in [1.54, 1.807) is 13.8 Å². The van der Waals surface area contributed by atoms with Crippen molar-refractivity contribution in [2.45, 2.75) is 76.8 Å². The van der Waals surface area contributed by atoms with Crippen molar-refractivity contribution in [3.63, 3.8) is 0 Å². The van der Waals surface area contributed by atoms with Gasteiger partial charge in [-0.3, -0.25) is 8.37 Å². The van der Waals surface area contributed by atoms with Gasteiger partial charge in [0.1, 0.15) is 18.3 Å². The van der Waals surface area contributed by atoms with E-state index < -0.39 is 52.7 Å². The number of rotatable bonds is 9. The predicted molar refractivity (Wildman–Crippen MR) is 107 cm³/mol. The zero-order chi connectivity index (χ0) is 22.2. The van der Waals surface area contributed by atoms with E-state index in [9.17, 15) is 16.8 Å². The van der Waals surface area contributed by atoms with Gasteiger partial charge in [-0.05, 0) is 32.0 Å². The molecule has 0 radical (unpaired) electrons. The van der Waals surface area contributed by atoms with E-state index in [0.29, 0.717) is 0 Å². The molecule has 3 atom stereocenters. The third-order valence-corrected chi connectivity index (χ3v) is 10.4. The van der Waals surface area contributed by atoms with E-state index in [1.165, 1.54) is 0 Å². The summed E-state index contributed by atoms with van der Waals surface area (Å²) in [5, 5.41) is -0.0895. The van der Waals surface area contributed by atoms with Crippen molar-refractivity contribution in [1.82, 2.24) is 0 Å². The molecule has 1 rings (SSSR count). The van der Waals surface area contributed by atoms with Gasteiger partial charge in [0.25, 0.3) is 20.2 Å². The van der Waals surface area contributed by atoms with Crippen molar-refractivity contribution in [2.24, 2.45) is 0 Å². The number of hydrogen-bond donors (Lipinski definition) is 0. The van der Waals surface area contributed by atoms with Crippen molar-refractivity contribution >= 4 is 28.6 Å². The molecular weight excluding hydrogens is 428 g/mol. The van der Waals surface area contributed by atoms with Gasteiger partial charge in [0.05, 0.1) is 25.7 Å². The van der Waals surface area contributed by atoms with Crippen LogP contribution in [-0.2, 0) is 42.5 Å². The first-order valence-electron chi connectivity index (χ1n) is 8.95. The summed E-state index contributed by atoms with van der Waals surface area (Å²) >= 11 is 0. The Morgan fingerprint density at radius 2 is 1.57 bits per heavy atom. The summed E-state index contributed by atoms with van der Waals surface area (Å²) < 4.78 is 74.1. The van der Waals surface area contributed by atoms with E-state index >= 15 is 0 Å². The van der Waals surface area contributed by atoms with Gasteiger partial charge >= 0.3 is 0 Å². The highest BCUT2D eigenvalue weighted by Gasteiger charge is 2.48. The average Bonchev–Trinajstić information content (AvgIpc) is 2.73. The summed E-state index contributed by atoms with van der Waals surface area (Å²) in [7, 11) is -9.73. The molecule has 1 saturated heterocycles. The van der Waals surface area contributed by atoms with Gasteiger partial charge in [0.2, 0.25) is 0 Å². The van der Waals surface area contributed by atoms with Crippen LogP contribution in [0.4, 0.5) is 0 Å². The summed E-state index contributed by atoms with van der Waals surface area (Å²) in [5.41, 5.74) is 0. The fraction of sp³-hybridized carbons (Fsp3) is 1.00. The van der Waals surface area contributed by atoms with Crippen molar-refractivity contribution in [2.75, 3.05) is 25.7 Å². The normalized spacial score (nSPS) is 25.0.